The minimum absolute atomic E-state index is 0.0911. The number of amides is 1. The molecular formula is C36H34F4N6O3S. The van der Waals surface area contributed by atoms with E-state index in [2.05, 4.69) is 36.3 Å². The Kier molecular flexibility index (Phi) is 9.18. The predicted octanol–water partition coefficient (Wildman–Crippen LogP) is 7.25. The van der Waals surface area contributed by atoms with E-state index in [1.807, 2.05) is 24.4 Å². The summed E-state index contributed by atoms with van der Waals surface area (Å²) in [5, 5.41) is 7.47. The molecule has 0 aliphatic carbocycles. The van der Waals surface area contributed by atoms with Crippen LogP contribution >= 0.6 is 11.3 Å². The molecule has 0 N–H and O–H groups in total. The van der Waals surface area contributed by atoms with Crippen LogP contribution in [-0.4, -0.2) is 74.9 Å². The summed E-state index contributed by atoms with van der Waals surface area (Å²) in [5.74, 6) is -2.23. The molecule has 2 aliphatic rings. The van der Waals surface area contributed by atoms with Crippen LogP contribution in [0.15, 0.2) is 54.6 Å². The molecule has 7 rings (SSSR count). The number of likely N-dealkylation sites (N-methyl/N-ethyl adjacent to an activating group) is 1. The van der Waals surface area contributed by atoms with Gasteiger partial charge < -0.3 is 14.4 Å². The van der Waals surface area contributed by atoms with Gasteiger partial charge in [0.25, 0.3) is 0 Å². The Balaban J connectivity index is 1.45. The van der Waals surface area contributed by atoms with Crippen molar-refractivity contribution in [1.82, 2.24) is 29.5 Å². The molecule has 1 aromatic carbocycles. The van der Waals surface area contributed by atoms with Gasteiger partial charge in [0, 0.05) is 70.8 Å². The molecule has 0 saturated heterocycles. The van der Waals surface area contributed by atoms with E-state index in [0.29, 0.717) is 51.9 Å². The first-order valence-electron chi connectivity index (χ1n) is 16.2. The maximum Gasteiger partial charge on any atom is 0.345 e. The Morgan fingerprint density at radius 1 is 1.12 bits per heavy atom. The van der Waals surface area contributed by atoms with Crippen LogP contribution in [0.2, 0.25) is 0 Å². The lowest BCUT2D eigenvalue weighted by Gasteiger charge is -2.33. The molecule has 0 bridgehead atoms. The van der Waals surface area contributed by atoms with E-state index in [4.69, 9.17) is 19.8 Å². The van der Waals surface area contributed by atoms with Crippen LogP contribution in [0.4, 0.5) is 17.6 Å². The van der Waals surface area contributed by atoms with Gasteiger partial charge in [-0.25, -0.2) is 13.8 Å². The largest absolute Gasteiger partial charge is 0.490 e. The average molecular weight is 707 g/mol. The van der Waals surface area contributed by atoms with Gasteiger partial charge in [-0.3, -0.25) is 19.4 Å². The number of fused-ring (bicyclic) bond motifs is 3. The number of pyridine rings is 2. The molecule has 2 aliphatic heterocycles. The molecule has 0 radical (unpaired) electrons. The Morgan fingerprint density at radius 2 is 1.94 bits per heavy atom. The minimum Gasteiger partial charge on any atom is -0.490 e. The van der Waals surface area contributed by atoms with Crippen molar-refractivity contribution in [3.63, 3.8) is 0 Å². The summed E-state index contributed by atoms with van der Waals surface area (Å²) in [5.41, 5.74) is 5.15. The molecule has 4 aromatic heterocycles. The number of hydrogen-bond donors (Lipinski definition) is 0. The van der Waals surface area contributed by atoms with E-state index in [1.165, 1.54) is 17.4 Å². The van der Waals surface area contributed by atoms with Crippen molar-refractivity contribution in [2.75, 3.05) is 26.8 Å². The predicted molar refractivity (Wildman–Crippen MR) is 182 cm³/mol. The topological polar surface area (TPSA) is 85.6 Å². The number of alkyl halides is 2. The number of thiophene rings is 1. The fraction of sp³-hybridized carbons (Fsp3) is 0.333. The molecule has 260 valence electrons. The Labute approximate surface area is 289 Å². The number of rotatable bonds is 9. The number of hydrogen-bond acceptors (Lipinski definition) is 8. The van der Waals surface area contributed by atoms with Gasteiger partial charge in [0.15, 0.2) is 0 Å². The van der Waals surface area contributed by atoms with Crippen LogP contribution in [0.5, 0.6) is 5.75 Å². The Hall–Kier alpha value is -4.66. The van der Waals surface area contributed by atoms with E-state index < -0.39 is 24.9 Å². The third-order valence-electron chi connectivity index (χ3n) is 9.42. The van der Waals surface area contributed by atoms with Gasteiger partial charge in [0.1, 0.15) is 35.4 Å². The van der Waals surface area contributed by atoms with Crippen molar-refractivity contribution in [2.45, 2.75) is 52.1 Å². The molecule has 6 heterocycles. The first-order chi connectivity index (χ1) is 24.0. The third-order valence-corrected chi connectivity index (χ3v) is 10.3. The van der Waals surface area contributed by atoms with Crippen molar-refractivity contribution < 1.29 is 31.8 Å². The number of halogens is 4. The second-order valence-corrected chi connectivity index (χ2v) is 13.4. The Bertz CT molecular complexity index is 2120. The van der Waals surface area contributed by atoms with Crippen LogP contribution in [0.3, 0.4) is 0 Å². The molecular weight excluding hydrogens is 672 g/mol. The van der Waals surface area contributed by atoms with Gasteiger partial charge in [-0.1, -0.05) is 6.58 Å². The van der Waals surface area contributed by atoms with Gasteiger partial charge in [0.05, 0.1) is 36.1 Å². The van der Waals surface area contributed by atoms with Gasteiger partial charge in [-0.05, 0) is 56.1 Å². The van der Waals surface area contributed by atoms with Gasteiger partial charge >= 0.3 is 6.61 Å². The summed E-state index contributed by atoms with van der Waals surface area (Å²) in [4.78, 5) is 26.6. The highest BCUT2D eigenvalue weighted by molar-refractivity contribution is 7.18. The van der Waals surface area contributed by atoms with E-state index in [9.17, 15) is 18.0 Å². The number of carbonyl (C=O) groups excluding carboxylic acids is 1. The number of aromatic nitrogens is 4. The summed E-state index contributed by atoms with van der Waals surface area (Å²) in [7, 11) is 2.07. The molecule has 0 saturated carbocycles. The van der Waals surface area contributed by atoms with Crippen LogP contribution in [0.25, 0.3) is 43.9 Å². The van der Waals surface area contributed by atoms with Crippen molar-refractivity contribution in [2.24, 2.45) is 0 Å². The van der Waals surface area contributed by atoms with Gasteiger partial charge in [0.2, 0.25) is 5.91 Å². The highest BCUT2D eigenvalue weighted by atomic mass is 32.1. The number of carbonyl (C=O) groups is 1. The summed E-state index contributed by atoms with van der Waals surface area (Å²) < 4.78 is 68.7. The Morgan fingerprint density at radius 3 is 2.72 bits per heavy atom. The highest BCUT2D eigenvalue weighted by Gasteiger charge is 2.32. The van der Waals surface area contributed by atoms with Crippen molar-refractivity contribution in [3.05, 3.63) is 83.1 Å². The highest BCUT2D eigenvalue weighted by Crippen LogP contribution is 2.47. The van der Waals surface area contributed by atoms with Crippen molar-refractivity contribution in [1.29, 1.82) is 0 Å². The molecule has 14 heteroatoms. The second-order valence-electron chi connectivity index (χ2n) is 12.5. The maximum absolute atomic E-state index is 16.1. The minimum atomic E-state index is -3.02. The van der Waals surface area contributed by atoms with E-state index >= 15 is 4.39 Å². The monoisotopic (exact) mass is 706 g/mol. The summed E-state index contributed by atoms with van der Waals surface area (Å²) in [6.45, 7) is 5.32. The summed E-state index contributed by atoms with van der Waals surface area (Å²) in [6.07, 6.45) is 3.89. The third kappa shape index (κ3) is 6.16. The standard InChI is InChI=1S/C36H34F4N6O3S/c1-5-30(47)45-7-8-46-28(20(45)3)16-27(43-46)34-32(31-25(38)14-23(37)15-29(31)48-9-10-49-36(39)40)35-24(6-11-50-35)33(42-34)21-13-22-18-44(4)19(2)12-26(22)41-17-21/h5-6,11,13-17,19-20,36H,1,7-10,12,18H2,2-4H3/t19-,20-/m1/s1. The smallest absolute Gasteiger partial charge is 0.345 e. The van der Waals surface area contributed by atoms with E-state index in [0.717, 1.165) is 47.6 Å². The van der Waals surface area contributed by atoms with E-state index in [1.54, 1.807) is 15.8 Å². The van der Waals surface area contributed by atoms with Gasteiger partial charge in [-0.15, -0.1) is 11.3 Å². The maximum atomic E-state index is 16.1. The lowest BCUT2D eigenvalue weighted by Crippen LogP contribution is -2.40. The zero-order chi connectivity index (χ0) is 35.3. The molecule has 9 nitrogen and oxygen atoms in total. The van der Waals surface area contributed by atoms with Crippen LogP contribution in [0.1, 0.15) is 36.8 Å². The second kappa shape index (κ2) is 13.6. The summed E-state index contributed by atoms with van der Waals surface area (Å²) >= 11 is 1.35. The normalized spacial score (nSPS) is 17.6. The van der Waals surface area contributed by atoms with Gasteiger partial charge in [-0.2, -0.15) is 13.9 Å². The number of ether oxygens (including phenoxy) is 2. The quantitative estimate of drug-likeness (QED) is 0.0907. The van der Waals surface area contributed by atoms with E-state index in [-0.39, 0.29) is 29.9 Å². The molecule has 50 heavy (non-hydrogen) atoms. The molecule has 1 amide bonds. The number of benzene rings is 1. The van der Waals surface area contributed by atoms with Crippen molar-refractivity contribution in [3.8, 4) is 39.5 Å². The zero-order valence-electron chi connectivity index (χ0n) is 27.6. The first kappa shape index (κ1) is 33.8. The molecule has 0 unspecified atom stereocenters. The fourth-order valence-corrected chi connectivity index (χ4v) is 7.69. The van der Waals surface area contributed by atoms with Crippen LogP contribution < -0.4 is 4.74 Å². The fourth-order valence-electron chi connectivity index (χ4n) is 6.74. The molecule has 0 spiro atoms. The van der Waals surface area contributed by atoms with Crippen molar-refractivity contribution >= 4 is 27.3 Å². The number of nitrogens with zero attached hydrogens (tertiary/aromatic N) is 6. The SMILES string of the molecule is C=CC(=O)N1CCn2nc(-c3nc(-c4cnc5c(c4)CN(C)[C@H](C)C5)c4ccsc4c3-c3c(F)cc(F)cc3OCCOC(F)F)cc2[C@H]1C. The molecule has 2 atom stereocenters. The zero-order valence-corrected chi connectivity index (χ0v) is 28.4. The lowest BCUT2D eigenvalue weighted by atomic mass is 9.95. The average Bonchev–Trinajstić information content (AvgIpc) is 3.75. The van der Waals surface area contributed by atoms with Crippen LogP contribution in [0, 0.1) is 11.6 Å². The van der Waals surface area contributed by atoms with Crippen LogP contribution in [-0.2, 0) is 29.0 Å². The molecule has 5 aromatic rings. The lowest BCUT2D eigenvalue weighted by molar-refractivity contribution is -0.133. The summed E-state index contributed by atoms with van der Waals surface area (Å²) in [6, 6.07) is 7.57. The first-order valence-corrected chi connectivity index (χ1v) is 17.0. The molecule has 0 fully saturated rings.